The predicted octanol–water partition coefficient (Wildman–Crippen LogP) is 1.13. The van der Waals surface area contributed by atoms with Crippen LogP contribution >= 0.6 is 0 Å². The van der Waals surface area contributed by atoms with Gasteiger partial charge in [-0.15, -0.1) is 0 Å². The summed E-state index contributed by atoms with van der Waals surface area (Å²) in [7, 11) is 1.60. The van der Waals surface area contributed by atoms with Gasteiger partial charge in [0.1, 0.15) is 11.8 Å². The Morgan fingerprint density at radius 3 is 2.32 bits per heavy atom. The molecule has 2 unspecified atom stereocenters. The highest BCUT2D eigenvalue weighted by molar-refractivity contribution is 6.03. The van der Waals surface area contributed by atoms with Crippen molar-refractivity contribution in [1.82, 2.24) is 15.1 Å². The SMILES string of the molecule is CC(=O)CNC(=O)C(C(C)C)N(C)C(=O)CCCCCN1C(=O)CC(C)C1=O. The van der Waals surface area contributed by atoms with E-state index in [2.05, 4.69) is 5.32 Å². The minimum atomic E-state index is -0.631. The van der Waals surface area contributed by atoms with Crippen LogP contribution < -0.4 is 5.32 Å². The van der Waals surface area contributed by atoms with Crippen molar-refractivity contribution in [3.8, 4) is 0 Å². The van der Waals surface area contributed by atoms with E-state index < -0.39 is 6.04 Å². The molecule has 8 heteroatoms. The third kappa shape index (κ3) is 6.73. The lowest BCUT2D eigenvalue weighted by Gasteiger charge is -2.30. The molecule has 28 heavy (non-hydrogen) atoms. The Balaban J connectivity index is 2.41. The number of carbonyl (C=O) groups is 5. The second-order valence-electron chi connectivity index (χ2n) is 7.91. The fourth-order valence-electron chi connectivity index (χ4n) is 3.38. The first kappa shape index (κ1) is 23.8. The highest BCUT2D eigenvalue weighted by atomic mass is 16.2. The maximum absolute atomic E-state index is 12.5. The number of likely N-dealkylation sites (N-methyl/N-ethyl adjacent to an activating group) is 1. The summed E-state index contributed by atoms with van der Waals surface area (Å²) in [5.41, 5.74) is 0. The standard InChI is InChI=1S/C20H33N3O5/c1-13(2)18(19(27)21-12-15(4)24)22(5)16(25)9-7-6-8-10-23-17(26)11-14(3)20(23)28/h13-14,18H,6-12H2,1-5H3,(H,21,27). The Hall–Kier alpha value is -2.25. The molecule has 1 aliphatic rings. The second-order valence-corrected chi connectivity index (χ2v) is 7.91. The zero-order chi connectivity index (χ0) is 21.4. The van der Waals surface area contributed by atoms with E-state index in [1.54, 1.807) is 14.0 Å². The van der Waals surface area contributed by atoms with Crippen LogP contribution in [-0.2, 0) is 24.0 Å². The van der Waals surface area contributed by atoms with Gasteiger partial charge in [-0.1, -0.05) is 27.2 Å². The molecule has 158 valence electrons. The summed E-state index contributed by atoms with van der Waals surface area (Å²) < 4.78 is 0. The molecule has 0 aromatic rings. The molecule has 2 atom stereocenters. The summed E-state index contributed by atoms with van der Waals surface area (Å²) in [5.74, 6) is -1.17. The summed E-state index contributed by atoms with van der Waals surface area (Å²) in [6, 6.07) is -0.631. The average Bonchev–Trinajstić information content (AvgIpc) is 2.84. The fourth-order valence-corrected chi connectivity index (χ4v) is 3.38. The predicted molar refractivity (Wildman–Crippen MR) is 104 cm³/mol. The van der Waals surface area contributed by atoms with Crippen LogP contribution in [0.1, 0.15) is 59.8 Å². The molecule has 1 rings (SSSR count). The first-order valence-corrected chi connectivity index (χ1v) is 9.93. The number of ketones is 1. The smallest absolute Gasteiger partial charge is 0.243 e. The summed E-state index contributed by atoms with van der Waals surface area (Å²) in [4.78, 5) is 62.2. The third-order valence-electron chi connectivity index (χ3n) is 4.96. The number of rotatable bonds is 11. The van der Waals surface area contributed by atoms with E-state index in [1.807, 2.05) is 13.8 Å². The molecule has 1 saturated heterocycles. The van der Waals surface area contributed by atoms with Gasteiger partial charge in [-0.2, -0.15) is 0 Å². The van der Waals surface area contributed by atoms with Crippen molar-refractivity contribution in [2.45, 2.75) is 65.8 Å². The number of imide groups is 1. The van der Waals surface area contributed by atoms with Gasteiger partial charge in [0.15, 0.2) is 0 Å². The molecule has 0 aromatic heterocycles. The van der Waals surface area contributed by atoms with E-state index in [-0.39, 0.29) is 60.6 Å². The van der Waals surface area contributed by atoms with E-state index in [9.17, 15) is 24.0 Å². The Morgan fingerprint density at radius 1 is 1.18 bits per heavy atom. The van der Waals surface area contributed by atoms with Gasteiger partial charge in [-0.3, -0.25) is 28.9 Å². The van der Waals surface area contributed by atoms with E-state index in [1.165, 1.54) is 16.7 Å². The number of hydrogen-bond donors (Lipinski definition) is 1. The Morgan fingerprint density at radius 2 is 1.82 bits per heavy atom. The van der Waals surface area contributed by atoms with Gasteiger partial charge in [-0.05, 0) is 25.7 Å². The van der Waals surface area contributed by atoms with Crippen LogP contribution in [0.15, 0.2) is 0 Å². The highest BCUT2D eigenvalue weighted by Gasteiger charge is 2.34. The second kappa shape index (κ2) is 10.9. The number of amides is 4. The van der Waals surface area contributed by atoms with Gasteiger partial charge in [0.25, 0.3) is 0 Å². The van der Waals surface area contributed by atoms with E-state index >= 15 is 0 Å². The van der Waals surface area contributed by atoms with Crippen LogP contribution in [0.2, 0.25) is 0 Å². The minimum Gasteiger partial charge on any atom is -0.347 e. The van der Waals surface area contributed by atoms with Crippen LogP contribution in [0.3, 0.4) is 0 Å². The normalized spacial score (nSPS) is 17.8. The average molecular weight is 396 g/mol. The summed E-state index contributed by atoms with van der Waals surface area (Å²) in [5, 5.41) is 2.57. The monoisotopic (exact) mass is 395 g/mol. The van der Waals surface area contributed by atoms with Crippen LogP contribution in [0.4, 0.5) is 0 Å². The van der Waals surface area contributed by atoms with E-state index in [4.69, 9.17) is 0 Å². The van der Waals surface area contributed by atoms with Crippen molar-refractivity contribution >= 4 is 29.4 Å². The molecule has 0 spiro atoms. The first-order chi connectivity index (χ1) is 13.1. The molecule has 0 aliphatic carbocycles. The Kier molecular flexibility index (Phi) is 9.28. The number of unbranched alkanes of at least 4 members (excludes halogenated alkanes) is 2. The van der Waals surface area contributed by atoms with Gasteiger partial charge in [0.05, 0.1) is 6.54 Å². The maximum Gasteiger partial charge on any atom is 0.243 e. The van der Waals surface area contributed by atoms with Crippen LogP contribution in [-0.4, -0.2) is 65.4 Å². The molecule has 1 aliphatic heterocycles. The summed E-state index contributed by atoms with van der Waals surface area (Å²) in [6.45, 7) is 7.21. The highest BCUT2D eigenvalue weighted by Crippen LogP contribution is 2.19. The lowest BCUT2D eigenvalue weighted by Crippen LogP contribution is -2.51. The molecule has 0 bridgehead atoms. The first-order valence-electron chi connectivity index (χ1n) is 9.93. The quantitative estimate of drug-likeness (QED) is 0.417. The Bertz CT molecular complexity index is 617. The lowest BCUT2D eigenvalue weighted by molar-refractivity contribution is -0.141. The van der Waals surface area contributed by atoms with Crippen LogP contribution in [0, 0.1) is 11.8 Å². The van der Waals surface area contributed by atoms with Crippen molar-refractivity contribution in [3.05, 3.63) is 0 Å². The van der Waals surface area contributed by atoms with Crippen molar-refractivity contribution in [1.29, 1.82) is 0 Å². The zero-order valence-corrected chi connectivity index (χ0v) is 17.6. The van der Waals surface area contributed by atoms with E-state index in [0.717, 1.165) is 0 Å². The van der Waals surface area contributed by atoms with Crippen molar-refractivity contribution in [3.63, 3.8) is 0 Å². The molecule has 1 N–H and O–H groups in total. The maximum atomic E-state index is 12.5. The number of Topliss-reactive ketones (excluding diaryl/α,β-unsaturated/α-hetero) is 1. The van der Waals surface area contributed by atoms with Crippen molar-refractivity contribution in [2.75, 3.05) is 20.1 Å². The number of nitrogens with zero attached hydrogens (tertiary/aromatic N) is 2. The van der Waals surface area contributed by atoms with Crippen molar-refractivity contribution in [2.24, 2.45) is 11.8 Å². The topological polar surface area (TPSA) is 104 Å². The van der Waals surface area contributed by atoms with Gasteiger partial charge < -0.3 is 10.2 Å². The van der Waals surface area contributed by atoms with Crippen LogP contribution in [0.5, 0.6) is 0 Å². The van der Waals surface area contributed by atoms with Gasteiger partial charge in [-0.25, -0.2) is 0 Å². The molecule has 1 fully saturated rings. The molecule has 4 amide bonds. The largest absolute Gasteiger partial charge is 0.347 e. The fraction of sp³-hybridized carbons (Fsp3) is 0.750. The molecular formula is C20H33N3O5. The third-order valence-corrected chi connectivity index (χ3v) is 4.96. The van der Waals surface area contributed by atoms with E-state index in [0.29, 0.717) is 25.8 Å². The van der Waals surface area contributed by atoms with Gasteiger partial charge in [0.2, 0.25) is 23.6 Å². The van der Waals surface area contributed by atoms with Gasteiger partial charge >= 0.3 is 0 Å². The number of nitrogens with one attached hydrogen (secondary N) is 1. The molecule has 8 nitrogen and oxygen atoms in total. The van der Waals surface area contributed by atoms with Crippen molar-refractivity contribution < 1.29 is 24.0 Å². The summed E-state index contributed by atoms with van der Waals surface area (Å²) >= 11 is 0. The number of carbonyl (C=O) groups excluding carboxylic acids is 5. The minimum absolute atomic E-state index is 0.0450. The molecule has 0 radical (unpaired) electrons. The molecule has 0 saturated carbocycles. The lowest BCUT2D eigenvalue weighted by atomic mass is 10.0. The Labute approximate surface area is 167 Å². The summed E-state index contributed by atoms with van der Waals surface area (Å²) in [6.07, 6.45) is 2.57. The van der Waals surface area contributed by atoms with Gasteiger partial charge in [0, 0.05) is 32.4 Å². The molecule has 0 aromatic carbocycles. The van der Waals surface area contributed by atoms with Crippen LogP contribution in [0.25, 0.3) is 0 Å². The number of likely N-dealkylation sites (tertiary alicyclic amines) is 1. The molecular weight excluding hydrogens is 362 g/mol. The molecule has 1 heterocycles. The number of hydrogen-bond acceptors (Lipinski definition) is 5. The zero-order valence-electron chi connectivity index (χ0n) is 17.6.